The van der Waals surface area contributed by atoms with Crippen molar-refractivity contribution in [1.29, 1.82) is 0 Å². The monoisotopic (exact) mass is 280 g/mol. The summed E-state index contributed by atoms with van der Waals surface area (Å²) in [4.78, 5) is 11.6. The average Bonchev–Trinajstić information content (AvgIpc) is 2.53. The van der Waals surface area contributed by atoms with E-state index in [2.05, 4.69) is 0 Å². The van der Waals surface area contributed by atoms with Gasteiger partial charge in [0.05, 0.1) is 5.56 Å². The Morgan fingerprint density at radius 1 is 1.31 bits per heavy atom. The highest BCUT2D eigenvalue weighted by Gasteiger charge is 2.59. The molecule has 1 atom stereocenters. The summed E-state index contributed by atoms with van der Waals surface area (Å²) in [6.07, 6.45) is 0. The summed E-state index contributed by atoms with van der Waals surface area (Å²) in [7, 11) is 1.32. The Kier molecular flexibility index (Phi) is 2.83. The first kappa shape index (κ1) is 12.0. The zero-order valence-electron chi connectivity index (χ0n) is 8.17. The number of hydrogen-bond acceptors (Lipinski definition) is 3. The van der Waals surface area contributed by atoms with Gasteiger partial charge in [-0.3, -0.25) is 0 Å². The highest BCUT2D eigenvalue weighted by molar-refractivity contribution is 6.68. The fourth-order valence-electron chi connectivity index (χ4n) is 1.67. The molecule has 0 saturated carbocycles. The van der Waals surface area contributed by atoms with Gasteiger partial charge >= 0.3 is 5.97 Å². The molecule has 3 nitrogen and oxygen atoms in total. The van der Waals surface area contributed by atoms with Crippen LogP contribution in [0.5, 0.6) is 0 Å². The number of cyclic esters (lactones) is 1. The van der Waals surface area contributed by atoms with Gasteiger partial charge in [-0.25, -0.2) is 4.79 Å². The average molecular weight is 282 g/mol. The van der Waals surface area contributed by atoms with Gasteiger partial charge < -0.3 is 9.47 Å². The number of esters is 1. The largest absolute Gasteiger partial charge is 0.420 e. The maximum atomic E-state index is 11.6. The number of fused-ring (bicyclic) bond motifs is 1. The third-order valence-electron chi connectivity index (χ3n) is 2.40. The highest BCUT2D eigenvalue weighted by Crippen LogP contribution is 2.52. The molecule has 2 rings (SSSR count). The predicted molar refractivity (Wildman–Crippen MR) is 60.8 cm³/mol. The van der Waals surface area contributed by atoms with E-state index in [1.54, 1.807) is 24.3 Å². The second-order valence-corrected chi connectivity index (χ2v) is 5.53. The molecule has 0 fully saturated rings. The lowest BCUT2D eigenvalue weighted by Gasteiger charge is -2.33. The normalized spacial score (nSPS) is 24.1. The molecule has 0 aliphatic carbocycles. The molecule has 6 heteroatoms. The minimum absolute atomic E-state index is 0.343. The first-order valence-corrected chi connectivity index (χ1v) is 5.50. The maximum absolute atomic E-state index is 11.6. The number of hydrogen-bond donors (Lipinski definition) is 0. The van der Waals surface area contributed by atoms with Crippen LogP contribution in [0, 0.1) is 0 Å². The summed E-state index contributed by atoms with van der Waals surface area (Å²) in [6, 6.07) is 6.63. The number of carbonyl (C=O) groups is 1. The Bertz CT molecular complexity index is 441. The summed E-state index contributed by atoms with van der Waals surface area (Å²) in [5.41, 5.74) is 0.762. The Labute approximate surface area is 107 Å². The van der Waals surface area contributed by atoms with Gasteiger partial charge in [-0.15, -0.1) is 0 Å². The predicted octanol–water partition coefficient (Wildman–Crippen LogP) is 3.03. The quantitative estimate of drug-likeness (QED) is 0.586. The lowest BCUT2D eigenvalue weighted by molar-refractivity contribution is -0.183. The molecule has 0 spiro atoms. The van der Waals surface area contributed by atoms with Crippen molar-refractivity contribution < 1.29 is 14.3 Å². The molecule has 1 aromatic carbocycles. The number of ether oxygens (including phenoxy) is 2. The lowest BCUT2D eigenvalue weighted by atomic mass is 10.0. The van der Waals surface area contributed by atoms with Crippen molar-refractivity contribution >= 4 is 40.8 Å². The van der Waals surface area contributed by atoms with Crippen LogP contribution in [0.2, 0.25) is 0 Å². The zero-order valence-corrected chi connectivity index (χ0v) is 10.4. The number of rotatable bonds is 1. The molecule has 0 bridgehead atoms. The lowest BCUT2D eigenvalue weighted by Crippen LogP contribution is -2.42. The van der Waals surface area contributed by atoms with Crippen LogP contribution in [0.25, 0.3) is 0 Å². The molecule has 0 saturated heterocycles. The van der Waals surface area contributed by atoms with Gasteiger partial charge in [0.2, 0.25) is 0 Å². The Morgan fingerprint density at radius 2 is 1.94 bits per heavy atom. The summed E-state index contributed by atoms with van der Waals surface area (Å²) >= 11 is 17.5. The molecule has 16 heavy (non-hydrogen) atoms. The fraction of sp³-hybridized carbons (Fsp3) is 0.300. The summed E-state index contributed by atoms with van der Waals surface area (Å²) < 4.78 is 8.30. The summed E-state index contributed by atoms with van der Waals surface area (Å²) in [5.74, 6) is -2.24. The summed E-state index contributed by atoms with van der Waals surface area (Å²) in [6.45, 7) is 0. The number of methoxy groups -OCH3 is 1. The number of alkyl halides is 3. The molecular weight excluding hydrogens is 274 g/mol. The van der Waals surface area contributed by atoms with Gasteiger partial charge in [0.15, 0.2) is 0 Å². The zero-order chi connectivity index (χ0) is 12.0. The van der Waals surface area contributed by atoms with Crippen molar-refractivity contribution in [2.45, 2.75) is 9.58 Å². The third-order valence-corrected chi connectivity index (χ3v) is 3.15. The van der Waals surface area contributed by atoms with E-state index in [-0.39, 0.29) is 0 Å². The molecule has 86 valence electrons. The standard InChI is InChI=1S/C10H7Cl3O3/c1-15-9(10(11,12)13)7-5-3-2-4-6(7)8(14)16-9/h2-5H,1H3. The van der Waals surface area contributed by atoms with E-state index in [1.165, 1.54) is 7.11 Å². The number of halogens is 3. The fourth-order valence-corrected chi connectivity index (χ4v) is 2.32. The van der Waals surface area contributed by atoms with E-state index < -0.39 is 15.5 Å². The van der Waals surface area contributed by atoms with Crippen LogP contribution in [0.4, 0.5) is 0 Å². The van der Waals surface area contributed by atoms with Gasteiger partial charge in [0.25, 0.3) is 9.58 Å². The molecule has 1 aliphatic heterocycles. The van der Waals surface area contributed by atoms with Gasteiger partial charge in [0.1, 0.15) is 0 Å². The van der Waals surface area contributed by atoms with Gasteiger partial charge in [-0.05, 0) is 6.07 Å². The van der Waals surface area contributed by atoms with Crippen LogP contribution in [-0.2, 0) is 15.3 Å². The van der Waals surface area contributed by atoms with E-state index in [9.17, 15) is 4.79 Å². The Balaban J connectivity index is 2.66. The van der Waals surface area contributed by atoms with Crippen molar-refractivity contribution in [3.05, 3.63) is 35.4 Å². The summed E-state index contributed by atoms with van der Waals surface area (Å²) in [5, 5.41) is 0. The van der Waals surface area contributed by atoms with Crippen molar-refractivity contribution in [3.63, 3.8) is 0 Å². The van der Waals surface area contributed by atoms with E-state index in [1.807, 2.05) is 0 Å². The van der Waals surface area contributed by atoms with E-state index in [4.69, 9.17) is 44.3 Å². The van der Waals surface area contributed by atoms with Crippen molar-refractivity contribution in [1.82, 2.24) is 0 Å². The Hall–Kier alpha value is -0.480. The number of benzene rings is 1. The van der Waals surface area contributed by atoms with Crippen LogP contribution < -0.4 is 0 Å². The SMILES string of the molecule is COC1(C(Cl)(Cl)Cl)OC(=O)c2ccccc21. The maximum Gasteiger partial charge on any atom is 0.341 e. The number of carbonyl (C=O) groups excluding carboxylic acids is 1. The van der Waals surface area contributed by atoms with Crippen LogP contribution in [0.1, 0.15) is 15.9 Å². The molecule has 1 heterocycles. The minimum atomic E-state index is -1.90. The van der Waals surface area contributed by atoms with Crippen LogP contribution >= 0.6 is 34.8 Å². The van der Waals surface area contributed by atoms with Gasteiger partial charge in [0, 0.05) is 12.7 Å². The molecule has 0 radical (unpaired) electrons. The van der Waals surface area contributed by atoms with Crippen LogP contribution in [-0.4, -0.2) is 16.9 Å². The van der Waals surface area contributed by atoms with Gasteiger partial charge in [-0.2, -0.15) is 0 Å². The van der Waals surface area contributed by atoms with Crippen molar-refractivity contribution in [3.8, 4) is 0 Å². The Morgan fingerprint density at radius 3 is 2.50 bits per heavy atom. The van der Waals surface area contributed by atoms with Crippen LogP contribution in [0.15, 0.2) is 24.3 Å². The molecule has 1 unspecified atom stereocenters. The first-order chi connectivity index (χ1) is 7.42. The molecule has 1 aliphatic rings. The molecule has 0 amide bonds. The second-order valence-electron chi connectivity index (χ2n) is 3.25. The molecule has 0 aromatic heterocycles. The highest BCUT2D eigenvalue weighted by atomic mass is 35.6. The van der Waals surface area contributed by atoms with Crippen molar-refractivity contribution in [2.24, 2.45) is 0 Å². The van der Waals surface area contributed by atoms with Crippen LogP contribution in [0.3, 0.4) is 0 Å². The van der Waals surface area contributed by atoms with E-state index in [0.717, 1.165) is 0 Å². The third kappa shape index (κ3) is 1.51. The second kappa shape index (κ2) is 3.77. The smallest absolute Gasteiger partial charge is 0.341 e. The van der Waals surface area contributed by atoms with E-state index >= 15 is 0 Å². The molecular formula is C10H7Cl3O3. The molecule has 0 N–H and O–H groups in total. The topological polar surface area (TPSA) is 35.5 Å². The van der Waals surface area contributed by atoms with E-state index in [0.29, 0.717) is 11.1 Å². The van der Waals surface area contributed by atoms with Crippen molar-refractivity contribution in [2.75, 3.05) is 7.11 Å². The first-order valence-electron chi connectivity index (χ1n) is 4.37. The van der Waals surface area contributed by atoms with Gasteiger partial charge in [-0.1, -0.05) is 53.0 Å². The minimum Gasteiger partial charge on any atom is -0.420 e. The molecule has 1 aromatic rings.